The van der Waals surface area contributed by atoms with Gasteiger partial charge in [-0.25, -0.2) is 4.21 Å². The number of benzene rings is 2. The molecular weight excluding hydrogens is 246 g/mol. The van der Waals surface area contributed by atoms with E-state index in [0.717, 1.165) is 11.1 Å². The van der Waals surface area contributed by atoms with Gasteiger partial charge in [-0.15, -0.1) is 0 Å². The average Bonchev–Trinajstić information content (AvgIpc) is 2.46. The maximum Gasteiger partial charge on any atom is 0.284 e. The lowest BCUT2D eigenvalue weighted by Crippen LogP contribution is -2.05. The zero-order chi connectivity index (χ0) is 12.8. The number of hydrogen-bond donors (Lipinski definition) is 0. The van der Waals surface area contributed by atoms with Crippen LogP contribution in [0, 0.1) is 0 Å². The van der Waals surface area contributed by atoms with Crippen molar-refractivity contribution in [3.8, 4) is 0 Å². The predicted octanol–water partition coefficient (Wildman–Crippen LogP) is 2.75. The molecule has 0 aliphatic heterocycles. The van der Waals surface area contributed by atoms with Crippen molar-refractivity contribution >= 4 is 17.0 Å². The van der Waals surface area contributed by atoms with Gasteiger partial charge in [0.2, 0.25) is 0 Å². The molecular formula is C14H13NO2S. The molecule has 2 rings (SSSR count). The van der Waals surface area contributed by atoms with Gasteiger partial charge in [-0.05, 0) is 0 Å². The second-order valence-corrected chi connectivity index (χ2v) is 4.51. The molecule has 1 atom stereocenters. The third-order valence-corrected chi connectivity index (χ3v) is 3.02. The fraction of sp³-hybridized carbons (Fsp3) is 0.0714. The van der Waals surface area contributed by atoms with E-state index in [1.165, 1.54) is 7.11 Å². The SMILES string of the molecule is COS(=O)N=C(c1ccccc1)c1ccccc1. The summed E-state index contributed by atoms with van der Waals surface area (Å²) in [7, 11) is 1.37. The van der Waals surface area contributed by atoms with Crippen molar-refractivity contribution < 1.29 is 8.39 Å². The molecule has 0 aromatic heterocycles. The minimum absolute atomic E-state index is 0.663. The lowest BCUT2D eigenvalue weighted by molar-refractivity contribution is 0.447. The van der Waals surface area contributed by atoms with Gasteiger partial charge in [-0.2, -0.15) is 4.40 Å². The minimum atomic E-state index is -1.67. The van der Waals surface area contributed by atoms with Crippen LogP contribution < -0.4 is 0 Å². The summed E-state index contributed by atoms with van der Waals surface area (Å²) < 4.78 is 20.3. The minimum Gasteiger partial charge on any atom is -0.276 e. The fourth-order valence-electron chi connectivity index (χ4n) is 1.58. The van der Waals surface area contributed by atoms with Gasteiger partial charge >= 0.3 is 0 Å². The van der Waals surface area contributed by atoms with E-state index in [2.05, 4.69) is 4.40 Å². The van der Waals surface area contributed by atoms with E-state index in [4.69, 9.17) is 4.18 Å². The highest BCUT2D eigenvalue weighted by atomic mass is 32.2. The molecule has 0 fully saturated rings. The molecule has 0 amide bonds. The van der Waals surface area contributed by atoms with Crippen LogP contribution in [0.5, 0.6) is 0 Å². The van der Waals surface area contributed by atoms with Crippen molar-refractivity contribution in [1.82, 2.24) is 0 Å². The summed E-state index contributed by atoms with van der Waals surface area (Å²) in [5.74, 6) is 0. The van der Waals surface area contributed by atoms with Gasteiger partial charge in [-0.3, -0.25) is 4.18 Å². The van der Waals surface area contributed by atoms with Gasteiger partial charge in [0.1, 0.15) is 0 Å². The summed E-state index contributed by atoms with van der Waals surface area (Å²) in [4.78, 5) is 0. The summed E-state index contributed by atoms with van der Waals surface area (Å²) in [6.07, 6.45) is 0. The van der Waals surface area contributed by atoms with E-state index in [1.54, 1.807) is 0 Å². The third-order valence-electron chi connectivity index (χ3n) is 2.40. The van der Waals surface area contributed by atoms with Gasteiger partial charge in [0.05, 0.1) is 12.8 Å². The van der Waals surface area contributed by atoms with E-state index < -0.39 is 11.3 Å². The molecule has 0 saturated carbocycles. The van der Waals surface area contributed by atoms with Crippen molar-refractivity contribution in [3.63, 3.8) is 0 Å². The molecule has 0 aliphatic rings. The van der Waals surface area contributed by atoms with E-state index in [0.29, 0.717) is 5.71 Å². The third kappa shape index (κ3) is 3.12. The number of rotatable bonds is 4. The van der Waals surface area contributed by atoms with Gasteiger partial charge in [0.25, 0.3) is 11.3 Å². The standard InChI is InChI=1S/C14H13NO2S/c1-17-18(16)15-14(12-8-4-2-5-9-12)13-10-6-3-7-11-13/h2-11H,1H3. The second kappa shape index (κ2) is 6.23. The molecule has 18 heavy (non-hydrogen) atoms. The van der Waals surface area contributed by atoms with Crippen LogP contribution in [0.4, 0.5) is 0 Å². The molecule has 1 unspecified atom stereocenters. The van der Waals surface area contributed by atoms with Crippen LogP contribution in [-0.2, 0) is 15.4 Å². The molecule has 0 heterocycles. The van der Waals surface area contributed by atoms with Crippen molar-refractivity contribution in [3.05, 3.63) is 71.8 Å². The molecule has 0 saturated heterocycles. The van der Waals surface area contributed by atoms with E-state index in [1.807, 2.05) is 60.7 Å². The zero-order valence-corrected chi connectivity index (χ0v) is 10.8. The van der Waals surface area contributed by atoms with Crippen LogP contribution in [0.25, 0.3) is 0 Å². The van der Waals surface area contributed by atoms with Crippen molar-refractivity contribution in [2.45, 2.75) is 0 Å². The van der Waals surface area contributed by atoms with Gasteiger partial charge < -0.3 is 0 Å². The summed E-state index contributed by atoms with van der Waals surface area (Å²) in [6, 6.07) is 19.3. The lowest BCUT2D eigenvalue weighted by atomic mass is 10.0. The topological polar surface area (TPSA) is 38.7 Å². The molecule has 2 aromatic rings. The first kappa shape index (κ1) is 12.7. The van der Waals surface area contributed by atoms with Gasteiger partial charge in [-0.1, -0.05) is 60.7 Å². The van der Waals surface area contributed by atoms with Crippen LogP contribution in [-0.4, -0.2) is 17.0 Å². The largest absolute Gasteiger partial charge is 0.284 e. The Morgan fingerprint density at radius 3 is 1.78 bits per heavy atom. The highest BCUT2D eigenvalue weighted by Crippen LogP contribution is 2.11. The Bertz CT molecular complexity index is 511. The molecule has 0 radical (unpaired) electrons. The predicted molar refractivity (Wildman–Crippen MR) is 73.7 cm³/mol. The highest BCUT2D eigenvalue weighted by Gasteiger charge is 2.08. The zero-order valence-electron chi connectivity index (χ0n) is 9.95. The average molecular weight is 259 g/mol. The molecule has 4 heteroatoms. The Hall–Kier alpha value is -1.78. The quantitative estimate of drug-likeness (QED) is 0.792. The van der Waals surface area contributed by atoms with E-state index >= 15 is 0 Å². The molecule has 0 N–H and O–H groups in total. The molecule has 2 aromatic carbocycles. The second-order valence-electron chi connectivity index (χ2n) is 3.56. The monoisotopic (exact) mass is 259 g/mol. The van der Waals surface area contributed by atoms with Crippen LogP contribution in [0.1, 0.15) is 11.1 Å². The van der Waals surface area contributed by atoms with Crippen LogP contribution in [0.2, 0.25) is 0 Å². The summed E-state index contributed by atoms with van der Waals surface area (Å²) in [5.41, 5.74) is 2.49. The molecule has 92 valence electrons. The fourth-order valence-corrected chi connectivity index (χ4v) is 2.01. The Morgan fingerprint density at radius 2 is 1.39 bits per heavy atom. The smallest absolute Gasteiger partial charge is 0.276 e. The van der Waals surface area contributed by atoms with Crippen molar-refractivity contribution in [2.75, 3.05) is 7.11 Å². The Balaban J connectivity index is 2.49. The molecule has 0 aliphatic carbocycles. The lowest BCUT2D eigenvalue weighted by Gasteiger charge is -2.06. The summed E-state index contributed by atoms with van der Waals surface area (Å²) in [5, 5.41) is 0. The van der Waals surface area contributed by atoms with Gasteiger partial charge in [0, 0.05) is 11.1 Å². The molecule has 0 bridgehead atoms. The van der Waals surface area contributed by atoms with E-state index in [9.17, 15) is 4.21 Å². The maximum atomic E-state index is 11.5. The molecule has 3 nitrogen and oxygen atoms in total. The maximum absolute atomic E-state index is 11.5. The van der Waals surface area contributed by atoms with E-state index in [-0.39, 0.29) is 0 Å². The van der Waals surface area contributed by atoms with Crippen LogP contribution in [0.3, 0.4) is 0 Å². The summed E-state index contributed by atoms with van der Waals surface area (Å²) >= 11 is -1.67. The van der Waals surface area contributed by atoms with Crippen LogP contribution >= 0.6 is 0 Å². The van der Waals surface area contributed by atoms with Crippen LogP contribution in [0.15, 0.2) is 65.1 Å². The Kier molecular flexibility index (Phi) is 4.39. The Labute approximate surface area is 109 Å². The first-order valence-corrected chi connectivity index (χ1v) is 6.50. The highest BCUT2D eigenvalue weighted by molar-refractivity contribution is 7.79. The van der Waals surface area contributed by atoms with Crippen molar-refractivity contribution in [1.29, 1.82) is 0 Å². The first-order chi connectivity index (χ1) is 8.81. The number of hydrogen-bond acceptors (Lipinski definition) is 2. The normalized spacial score (nSPS) is 11.8. The Morgan fingerprint density at radius 1 is 0.944 bits per heavy atom. The van der Waals surface area contributed by atoms with Crippen molar-refractivity contribution in [2.24, 2.45) is 4.40 Å². The summed E-state index contributed by atoms with van der Waals surface area (Å²) in [6.45, 7) is 0. The first-order valence-electron chi connectivity index (χ1n) is 5.47. The van der Waals surface area contributed by atoms with Gasteiger partial charge in [0.15, 0.2) is 0 Å². The number of nitrogens with zero attached hydrogens (tertiary/aromatic N) is 1. The molecule has 0 spiro atoms.